The third-order valence-corrected chi connectivity index (χ3v) is 6.77. The van der Waals surface area contributed by atoms with E-state index in [1.807, 2.05) is 25.1 Å². The monoisotopic (exact) mass is 423 g/mol. The third kappa shape index (κ3) is 4.89. The predicted octanol–water partition coefficient (Wildman–Crippen LogP) is 2.10. The van der Waals surface area contributed by atoms with Gasteiger partial charge in [0.2, 0.25) is 10.0 Å². The number of anilines is 2. The van der Waals surface area contributed by atoms with Gasteiger partial charge >= 0.3 is 5.97 Å². The second-order valence-electron chi connectivity index (χ2n) is 6.52. The molecule has 0 radical (unpaired) electrons. The van der Waals surface area contributed by atoms with Crippen LogP contribution in [-0.4, -0.2) is 40.0 Å². The van der Waals surface area contributed by atoms with Crippen LogP contribution in [-0.2, 0) is 19.6 Å². The van der Waals surface area contributed by atoms with Crippen molar-refractivity contribution in [2.24, 2.45) is 5.14 Å². The smallest absolute Gasteiger partial charge is 0.339 e. The van der Waals surface area contributed by atoms with E-state index in [9.17, 15) is 18.0 Å². The molecule has 0 unspecified atom stereocenters. The number of benzene rings is 1. The average molecular weight is 424 g/mol. The minimum Gasteiger partial charge on any atom is -0.452 e. The molecule has 10 heteroatoms. The third-order valence-electron chi connectivity index (χ3n) is 4.38. The summed E-state index contributed by atoms with van der Waals surface area (Å²) in [6, 6.07) is 6.94. The highest BCUT2D eigenvalue weighted by molar-refractivity contribution is 7.91. The molecule has 150 valence electrons. The van der Waals surface area contributed by atoms with E-state index in [1.165, 1.54) is 18.2 Å². The summed E-state index contributed by atoms with van der Waals surface area (Å²) in [5, 5.41) is 9.04. The summed E-state index contributed by atoms with van der Waals surface area (Å²) in [5.74, 6) is -1.27. The van der Waals surface area contributed by atoms with E-state index in [1.54, 1.807) is 0 Å². The van der Waals surface area contributed by atoms with Crippen LogP contribution in [0.5, 0.6) is 0 Å². The van der Waals surface area contributed by atoms with Crippen molar-refractivity contribution in [1.82, 2.24) is 0 Å². The molecule has 0 saturated carbocycles. The second-order valence-corrected chi connectivity index (χ2v) is 9.22. The van der Waals surface area contributed by atoms with Crippen LogP contribution in [0.4, 0.5) is 11.4 Å². The lowest BCUT2D eigenvalue weighted by atomic mass is 10.1. The van der Waals surface area contributed by atoms with Gasteiger partial charge in [-0.1, -0.05) is 0 Å². The predicted molar refractivity (Wildman–Crippen MR) is 107 cm³/mol. The molecule has 1 saturated heterocycles. The molecule has 1 aliphatic rings. The molecule has 1 aromatic carbocycles. The highest BCUT2D eigenvalue weighted by Crippen LogP contribution is 2.25. The van der Waals surface area contributed by atoms with Crippen molar-refractivity contribution in [3.05, 3.63) is 40.8 Å². The molecule has 1 aliphatic heterocycles. The number of sulfonamides is 1. The largest absolute Gasteiger partial charge is 0.452 e. The number of hydrogen-bond donors (Lipinski definition) is 2. The van der Waals surface area contributed by atoms with E-state index in [4.69, 9.17) is 9.88 Å². The van der Waals surface area contributed by atoms with Gasteiger partial charge in [-0.25, -0.2) is 18.4 Å². The maximum atomic E-state index is 12.1. The van der Waals surface area contributed by atoms with Crippen LogP contribution in [0.2, 0.25) is 0 Å². The summed E-state index contributed by atoms with van der Waals surface area (Å²) in [7, 11) is -3.87. The highest BCUT2D eigenvalue weighted by atomic mass is 32.2. The summed E-state index contributed by atoms with van der Waals surface area (Å²) >= 11 is 0.817. The Hall–Kier alpha value is -2.43. The topological polar surface area (TPSA) is 119 Å². The van der Waals surface area contributed by atoms with E-state index in [2.05, 4.69) is 10.2 Å². The van der Waals surface area contributed by atoms with Crippen molar-refractivity contribution in [2.45, 2.75) is 24.0 Å². The molecular weight excluding hydrogens is 402 g/mol. The second kappa shape index (κ2) is 8.29. The van der Waals surface area contributed by atoms with E-state index in [0.29, 0.717) is 5.69 Å². The van der Waals surface area contributed by atoms with Gasteiger partial charge in [0.1, 0.15) is 4.21 Å². The lowest BCUT2D eigenvalue weighted by Crippen LogP contribution is -2.22. The number of rotatable bonds is 6. The number of nitrogens with one attached hydrogen (secondary N) is 1. The number of carbonyl (C=O) groups excluding carboxylic acids is 2. The van der Waals surface area contributed by atoms with Gasteiger partial charge in [0, 0.05) is 29.8 Å². The molecule has 0 atom stereocenters. The molecule has 1 fully saturated rings. The van der Waals surface area contributed by atoms with Crippen molar-refractivity contribution in [2.75, 3.05) is 29.9 Å². The lowest BCUT2D eigenvalue weighted by Gasteiger charge is -2.19. The Labute approximate surface area is 167 Å². The number of ether oxygens (including phenoxy) is 1. The first-order valence-electron chi connectivity index (χ1n) is 8.68. The fourth-order valence-corrected chi connectivity index (χ4v) is 4.51. The Morgan fingerprint density at radius 3 is 2.57 bits per heavy atom. The van der Waals surface area contributed by atoms with Gasteiger partial charge in [-0.15, -0.1) is 11.3 Å². The van der Waals surface area contributed by atoms with Crippen LogP contribution in [0, 0.1) is 6.92 Å². The van der Waals surface area contributed by atoms with Crippen molar-refractivity contribution in [3.8, 4) is 0 Å². The van der Waals surface area contributed by atoms with Crippen molar-refractivity contribution < 1.29 is 22.7 Å². The fourth-order valence-electron chi connectivity index (χ4n) is 2.93. The number of nitrogens with two attached hydrogens (primary N) is 1. The maximum Gasteiger partial charge on any atom is 0.339 e. The number of amides is 1. The van der Waals surface area contributed by atoms with E-state index in [0.717, 1.165) is 41.7 Å². The number of carbonyl (C=O) groups is 2. The SMILES string of the molecule is Cc1cc(N2CCCC2)ccc1NC(=O)COC(=O)c1csc(S(N)(=O)=O)c1. The Kier molecular flexibility index (Phi) is 6.01. The fraction of sp³-hybridized carbons (Fsp3) is 0.333. The highest BCUT2D eigenvalue weighted by Gasteiger charge is 2.18. The molecule has 0 bridgehead atoms. The summed E-state index contributed by atoms with van der Waals surface area (Å²) in [6.07, 6.45) is 2.37. The number of hydrogen-bond acceptors (Lipinski definition) is 7. The van der Waals surface area contributed by atoms with Gasteiger partial charge in [-0.05, 0) is 49.6 Å². The van der Waals surface area contributed by atoms with Crippen molar-refractivity contribution >= 4 is 44.6 Å². The van der Waals surface area contributed by atoms with Gasteiger partial charge < -0.3 is 15.0 Å². The van der Waals surface area contributed by atoms with Crippen LogP contribution >= 0.6 is 11.3 Å². The molecule has 28 heavy (non-hydrogen) atoms. The zero-order chi connectivity index (χ0) is 20.3. The minimum absolute atomic E-state index is 0.0352. The van der Waals surface area contributed by atoms with E-state index in [-0.39, 0.29) is 9.77 Å². The molecule has 2 heterocycles. The van der Waals surface area contributed by atoms with Gasteiger partial charge in [0.15, 0.2) is 6.61 Å². The molecule has 3 N–H and O–H groups in total. The molecule has 8 nitrogen and oxygen atoms in total. The number of aryl methyl sites for hydroxylation is 1. The number of thiophene rings is 1. The van der Waals surface area contributed by atoms with Crippen LogP contribution in [0.15, 0.2) is 33.9 Å². The van der Waals surface area contributed by atoms with Crippen molar-refractivity contribution in [3.63, 3.8) is 0 Å². The zero-order valence-corrected chi connectivity index (χ0v) is 16.9. The summed E-state index contributed by atoms with van der Waals surface area (Å²) in [5.41, 5.74) is 2.73. The standard InChI is InChI=1S/C18H21N3O5S2/c1-12-8-14(21-6-2-3-7-21)4-5-15(12)20-16(22)10-26-18(23)13-9-17(27-11-13)28(19,24)25/h4-5,8-9,11H,2-3,6-7,10H2,1H3,(H,20,22)(H2,19,24,25). The van der Waals surface area contributed by atoms with Gasteiger partial charge in [-0.2, -0.15) is 0 Å². The first-order chi connectivity index (χ1) is 13.2. The normalized spacial score (nSPS) is 14.1. The van der Waals surface area contributed by atoms with Crippen LogP contribution in [0.25, 0.3) is 0 Å². The number of primary sulfonamides is 1. The Morgan fingerprint density at radius 2 is 1.96 bits per heavy atom. The molecule has 1 aromatic heterocycles. The first-order valence-corrected chi connectivity index (χ1v) is 11.1. The summed E-state index contributed by atoms with van der Waals surface area (Å²) < 4.78 is 27.3. The molecule has 2 aromatic rings. The lowest BCUT2D eigenvalue weighted by molar-refractivity contribution is -0.119. The Bertz CT molecular complexity index is 994. The first kappa shape index (κ1) is 20.3. The molecule has 1 amide bonds. The molecule has 0 aliphatic carbocycles. The zero-order valence-electron chi connectivity index (χ0n) is 15.3. The Balaban J connectivity index is 1.55. The molecule has 3 rings (SSSR count). The number of esters is 1. The van der Waals surface area contributed by atoms with E-state index < -0.39 is 28.5 Å². The van der Waals surface area contributed by atoms with Gasteiger partial charge in [0.05, 0.1) is 5.56 Å². The van der Waals surface area contributed by atoms with Crippen LogP contribution < -0.4 is 15.4 Å². The summed E-state index contributed by atoms with van der Waals surface area (Å²) in [4.78, 5) is 26.4. The average Bonchev–Trinajstić information content (AvgIpc) is 3.32. The van der Waals surface area contributed by atoms with E-state index >= 15 is 0 Å². The minimum atomic E-state index is -3.87. The van der Waals surface area contributed by atoms with Gasteiger partial charge in [-0.3, -0.25) is 4.79 Å². The van der Waals surface area contributed by atoms with Gasteiger partial charge in [0.25, 0.3) is 5.91 Å². The number of nitrogens with zero attached hydrogens (tertiary/aromatic N) is 1. The summed E-state index contributed by atoms with van der Waals surface area (Å²) in [6.45, 7) is 3.50. The van der Waals surface area contributed by atoms with Crippen LogP contribution in [0.3, 0.4) is 0 Å². The van der Waals surface area contributed by atoms with Crippen LogP contribution in [0.1, 0.15) is 28.8 Å². The molecular formula is C18H21N3O5S2. The molecule has 0 spiro atoms. The maximum absolute atomic E-state index is 12.1. The Morgan fingerprint density at radius 1 is 1.25 bits per heavy atom. The van der Waals surface area contributed by atoms with Crippen molar-refractivity contribution in [1.29, 1.82) is 0 Å². The quantitative estimate of drug-likeness (QED) is 0.687.